The minimum Gasteiger partial charge on any atom is -0.481 e. The molecule has 1 amide bonds. The van der Waals surface area contributed by atoms with Crippen molar-refractivity contribution in [3.05, 3.63) is 35.4 Å². The van der Waals surface area contributed by atoms with Crippen LogP contribution in [0.1, 0.15) is 37.3 Å². The zero-order valence-corrected chi connectivity index (χ0v) is 12.7. The number of nitrogens with two attached hydrogens (primary N) is 1. The lowest BCUT2D eigenvalue weighted by Crippen LogP contribution is -2.44. The summed E-state index contributed by atoms with van der Waals surface area (Å²) in [4.78, 5) is 24.6. The lowest BCUT2D eigenvalue weighted by Gasteiger charge is -2.25. The largest absolute Gasteiger partial charge is 0.481 e. The van der Waals surface area contributed by atoms with E-state index in [1.54, 1.807) is 4.90 Å². The van der Waals surface area contributed by atoms with Crippen molar-refractivity contribution in [1.29, 1.82) is 0 Å². The van der Waals surface area contributed by atoms with E-state index in [4.69, 9.17) is 10.8 Å². The first-order chi connectivity index (χ1) is 9.93. The van der Waals surface area contributed by atoms with Crippen molar-refractivity contribution in [1.82, 2.24) is 4.90 Å². The molecule has 21 heavy (non-hydrogen) atoms. The summed E-state index contributed by atoms with van der Waals surface area (Å²) in [5.41, 5.74) is 8.04. The highest BCUT2D eigenvalue weighted by Crippen LogP contribution is 2.10. The number of benzene rings is 1. The molecule has 0 aliphatic rings. The number of amides is 1. The third-order valence-corrected chi connectivity index (χ3v) is 3.29. The number of carboxylic acids is 1. The van der Waals surface area contributed by atoms with E-state index in [1.165, 1.54) is 5.56 Å². The van der Waals surface area contributed by atoms with Gasteiger partial charge in [-0.25, -0.2) is 0 Å². The van der Waals surface area contributed by atoms with Gasteiger partial charge in [-0.15, -0.1) is 0 Å². The van der Waals surface area contributed by atoms with Crippen molar-refractivity contribution >= 4 is 11.9 Å². The van der Waals surface area contributed by atoms with E-state index in [1.807, 2.05) is 38.1 Å². The molecule has 116 valence electrons. The van der Waals surface area contributed by atoms with E-state index in [0.717, 1.165) is 12.0 Å². The number of nitrogens with zero attached hydrogens (tertiary/aromatic N) is 1. The number of rotatable bonds is 8. The fourth-order valence-electron chi connectivity index (χ4n) is 2.09. The molecule has 0 fully saturated rings. The Morgan fingerprint density at radius 2 is 1.90 bits per heavy atom. The second kappa shape index (κ2) is 8.42. The van der Waals surface area contributed by atoms with Crippen molar-refractivity contribution in [3.8, 4) is 0 Å². The van der Waals surface area contributed by atoms with Gasteiger partial charge in [0, 0.05) is 19.5 Å². The number of carbonyl (C=O) groups is 2. The van der Waals surface area contributed by atoms with E-state index in [0.29, 0.717) is 13.1 Å². The number of aryl methyl sites for hydroxylation is 1. The summed E-state index contributed by atoms with van der Waals surface area (Å²) in [6.07, 6.45) is 0.920. The average Bonchev–Trinajstić information content (AvgIpc) is 2.45. The van der Waals surface area contributed by atoms with Gasteiger partial charge in [0.15, 0.2) is 0 Å². The molecule has 1 unspecified atom stereocenters. The van der Waals surface area contributed by atoms with Crippen LogP contribution in [0.2, 0.25) is 0 Å². The molecule has 0 heterocycles. The number of hydrogen-bond donors (Lipinski definition) is 2. The Balaban J connectivity index is 2.68. The van der Waals surface area contributed by atoms with Crippen molar-refractivity contribution in [2.24, 2.45) is 5.73 Å². The Morgan fingerprint density at radius 1 is 1.29 bits per heavy atom. The van der Waals surface area contributed by atoms with Crippen molar-refractivity contribution in [2.75, 3.05) is 6.54 Å². The molecule has 0 aromatic heterocycles. The summed E-state index contributed by atoms with van der Waals surface area (Å²) >= 11 is 0. The van der Waals surface area contributed by atoms with E-state index in [9.17, 15) is 9.59 Å². The third-order valence-electron chi connectivity index (χ3n) is 3.29. The van der Waals surface area contributed by atoms with E-state index in [2.05, 4.69) is 0 Å². The van der Waals surface area contributed by atoms with Crippen molar-refractivity contribution < 1.29 is 14.7 Å². The molecule has 3 N–H and O–H groups in total. The number of carbonyl (C=O) groups excluding carboxylic acids is 1. The van der Waals surface area contributed by atoms with Crippen LogP contribution in [0.5, 0.6) is 0 Å². The summed E-state index contributed by atoms with van der Waals surface area (Å²) in [5, 5.41) is 8.67. The normalized spacial score (nSPS) is 12.0. The minimum absolute atomic E-state index is 0.0859. The van der Waals surface area contributed by atoms with Crippen LogP contribution in [0.25, 0.3) is 0 Å². The molecule has 0 spiro atoms. The summed E-state index contributed by atoms with van der Waals surface area (Å²) in [6, 6.07) is 7.25. The molecule has 1 aromatic rings. The van der Waals surface area contributed by atoms with Gasteiger partial charge in [0.25, 0.3) is 0 Å². The van der Waals surface area contributed by atoms with Gasteiger partial charge in [0.1, 0.15) is 0 Å². The van der Waals surface area contributed by atoms with Gasteiger partial charge in [-0.3, -0.25) is 9.59 Å². The molecule has 0 saturated heterocycles. The topological polar surface area (TPSA) is 83.6 Å². The van der Waals surface area contributed by atoms with Crippen molar-refractivity contribution in [3.63, 3.8) is 0 Å². The molecular formula is C16H24N2O3. The fraction of sp³-hybridized carbons (Fsp3) is 0.500. The van der Waals surface area contributed by atoms with Crippen LogP contribution in [0.4, 0.5) is 0 Å². The smallest absolute Gasteiger partial charge is 0.303 e. The standard InChI is InChI=1S/C16H24N2O3/c1-3-10-18(11-13-6-4-12(2)5-7-13)16(21)14(17)8-9-15(19)20/h4-7,14H,3,8-11,17H2,1-2H3,(H,19,20). The maximum Gasteiger partial charge on any atom is 0.303 e. The quantitative estimate of drug-likeness (QED) is 0.767. The monoisotopic (exact) mass is 292 g/mol. The molecule has 0 radical (unpaired) electrons. The summed E-state index contributed by atoms with van der Waals surface area (Å²) in [7, 11) is 0. The fourth-order valence-corrected chi connectivity index (χ4v) is 2.09. The highest BCUT2D eigenvalue weighted by Gasteiger charge is 2.21. The Kier molecular flexibility index (Phi) is 6.88. The Bertz CT molecular complexity index is 471. The molecule has 0 aliphatic carbocycles. The van der Waals surface area contributed by atoms with Crippen LogP contribution in [0.15, 0.2) is 24.3 Å². The highest BCUT2D eigenvalue weighted by molar-refractivity contribution is 5.82. The van der Waals surface area contributed by atoms with E-state index in [-0.39, 0.29) is 18.7 Å². The molecule has 0 saturated carbocycles. The van der Waals surface area contributed by atoms with Crippen LogP contribution in [0, 0.1) is 6.92 Å². The third kappa shape index (κ3) is 5.95. The Morgan fingerprint density at radius 3 is 2.43 bits per heavy atom. The predicted molar refractivity (Wildman–Crippen MR) is 81.7 cm³/mol. The first-order valence-corrected chi connectivity index (χ1v) is 7.25. The summed E-state index contributed by atoms with van der Waals surface area (Å²) in [6.45, 7) is 5.14. The number of aliphatic carboxylic acids is 1. The van der Waals surface area contributed by atoms with Crippen LogP contribution >= 0.6 is 0 Å². The number of carboxylic acid groups (broad SMARTS) is 1. The van der Waals surface area contributed by atoms with Crippen LogP contribution in [-0.4, -0.2) is 34.5 Å². The zero-order chi connectivity index (χ0) is 15.8. The van der Waals surface area contributed by atoms with E-state index < -0.39 is 12.0 Å². The average molecular weight is 292 g/mol. The highest BCUT2D eigenvalue weighted by atomic mass is 16.4. The Hall–Kier alpha value is -1.88. The van der Waals surface area contributed by atoms with Gasteiger partial charge in [-0.05, 0) is 25.3 Å². The lowest BCUT2D eigenvalue weighted by molar-refractivity contribution is -0.137. The second-order valence-electron chi connectivity index (χ2n) is 5.28. The molecule has 5 nitrogen and oxygen atoms in total. The first-order valence-electron chi connectivity index (χ1n) is 7.25. The molecule has 1 rings (SSSR count). The molecule has 1 aromatic carbocycles. The van der Waals surface area contributed by atoms with E-state index >= 15 is 0 Å². The predicted octanol–water partition coefficient (Wildman–Crippen LogP) is 1.93. The first kappa shape index (κ1) is 17.2. The SMILES string of the molecule is CCCN(Cc1ccc(C)cc1)C(=O)C(N)CCC(=O)O. The lowest BCUT2D eigenvalue weighted by atomic mass is 10.1. The maximum absolute atomic E-state index is 12.3. The van der Waals surface area contributed by atoms with Crippen LogP contribution in [-0.2, 0) is 16.1 Å². The van der Waals surface area contributed by atoms with Gasteiger partial charge < -0.3 is 15.7 Å². The van der Waals surface area contributed by atoms with Crippen molar-refractivity contribution in [2.45, 2.75) is 45.7 Å². The molecule has 0 bridgehead atoms. The second-order valence-corrected chi connectivity index (χ2v) is 5.28. The summed E-state index contributed by atoms with van der Waals surface area (Å²) < 4.78 is 0. The van der Waals surface area contributed by atoms with Gasteiger partial charge in [-0.2, -0.15) is 0 Å². The van der Waals surface area contributed by atoms with Gasteiger partial charge in [0.05, 0.1) is 6.04 Å². The molecule has 0 aliphatic heterocycles. The van der Waals surface area contributed by atoms with Crippen LogP contribution in [0.3, 0.4) is 0 Å². The molecule has 1 atom stereocenters. The summed E-state index contributed by atoms with van der Waals surface area (Å²) in [5.74, 6) is -1.11. The Labute approximate surface area is 125 Å². The van der Waals surface area contributed by atoms with Crippen LogP contribution < -0.4 is 5.73 Å². The molecule has 5 heteroatoms. The van der Waals surface area contributed by atoms with Gasteiger partial charge in [0.2, 0.25) is 5.91 Å². The van der Waals surface area contributed by atoms with Gasteiger partial charge in [-0.1, -0.05) is 36.8 Å². The minimum atomic E-state index is -0.932. The number of hydrogen-bond acceptors (Lipinski definition) is 3. The zero-order valence-electron chi connectivity index (χ0n) is 12.7. The van der Waals surface area contributed by atoms with Gasteiger partial charge >= 0.3 is 5.97 Å². The maximum atomic E-state index is 12.3. The molecular weight excluding hydrogens is 268 g/mol.